The molecule has 3 aromatic rings. The van der Waals surface area contributed by atoms with E-state index in [2.05, 4.69) is 20.6 Å². The van der Waals surface area contributed by atoms with E-state index >= 15 is 0 Å². The zero-order chi connectivity index (χ0) is 21.5. The minimum atomic E-state index is -0.115. The van der Waals surface area contributed by atoms with Crippen LogP contribution < -0.4 is 15.4 Å². The van der Waals surface area contributed by atoms with Crippen LogP contribution >= 0.6 is 11.6 Å². The van der Waals surface area contributed by atoms with Crippen LogP contribution in [-0.4, -0.2) is 35.1 Å². The molecule has 1 unspecified atom stereocenters. The van der Waals surface area contributed by atoms with Crippen molar-refractivity contribution < 1.29 is 9.53 Å². The zero-order valence-corrected chi connectivity index (χ0v) is 18.1. The summed E-state index contributed by atoms with van der Waals surface area (Å²) in [4.78, 5) is 19.7. The number of hydrogen-bond acceptors (Lipinski definition) is 4. The number of halogens is 1. The molecule has 1 saturated heterocycles. The quantitative estimate of drug-likeness (QED) is 0.452. The first-order chi connectivity index (χ1) is 15.2. The Morgan fingerprint density at radius 1 is 1.19 bits per heavy atom. The Morgan fingerprint density at radius 3 is 2.87 bits per heavy atom. The normalized spacial score (nSPS) is 16.1. The summed E-state index contributed by atoms with van der Waals surface area (Å²) in [6.07, 6.45) is 7.25. The molecule has 31 heavy (non-hydrogen) atoms. The number of aromatic nitrogens is 2. The number of carbonyl (C=O) groups excluding carboxylic acids is 1. The average molecular weight is 439 g/mol. The Bertz CT molecular complexity index is 1000. The molecule has 0 aliphatic carbocycles. The van der Waals surface area contributed by atoms with Crippen LogP contribution in [0.25, 0.3) is 11.3 Å². The summed E-state index contributed by atoms with van der Waals surface area (Å²) >= 11 is 6.20. The lowest BCUT2D eigenvalue weighted by Crippen LogP contribution is -2.43. The smallest absolute Gasteiger partial charge is 0.241 e. The number of benzene rings is 2. The van der Waals surface area contributed by atoms with Gasteiger partial charge in [-0.2, -0.15) is 0 Å². The van der Waals surface area contributed by atoms with Gasteiger partial charge in [-0.15, -0.1) is 11.6 Å². The number of carbonyl (C=O) groups is 1. The van der Waals surface area contributed by atoms with Crippen LogP contribution in [0.15, 0.2) is 55.0 Å². The number of H-pyrrole nitrogens is 1. The molecule has 4 rings (SSSR count). The van der Waals surface area contributed by atoms with Crippen LogP contribution in [0.1, 0.15) is 30.4 Å². The Labute approximate surface area is 187 Å². The first-order valence-corrected chi connectivity index (χ1v) is 11.2. The standard InChI is InChI=1S/C24H27ClN4O2/c25-14-18-13-19(29-24(30)21-6-3-4-11-27-21)9-8-17(18)10-12-31-23-7-2-1-5-20(23)22-15-26-16-28-22/h1-2,5,7-9,13,15-16,21,27H,3-4,6,10-12,14H2,(H,26,28)(H,29,30). The molecule has 1 aliphatic rings. The van der Waals surface area contributed by atoms with Crippen LogP contribution in [0.5, 0.6) is 5.75 Å². The highest BCUT2D eigenvalue weighted by atomic mass is 35.5. The van der Waals surface area contributed by atoms with Crippen molar-refractivity contribution in [3.05, 3.63) is 66.1 Å². The molecule has 1 aliphatic heterocycles. The number of hydrogen-bond donors (Lipinski definition) is 3. The number of ether oxygens (including phenoxy) is 1. The van der Waals surface area contributed by atoms with Crippen LogP contribution in [0.3, 0.4) is 0 Å². The maximum Gasteiger partial charge on any atom is 0.241 e. The Morgan fingerprint density at radius 2 is 2.10 bits per heavy atom. The largest absolute Gasteiger partial charge is 0.493 e. The summed E-state index contributed by atoms with van der Waals surface area (Å²) in [6.45, 7) is 1.42. The molecule has 0 saturated carbocycles. The van der Waals surface area contributed by atoms with Crippen molar-refractivity contribution >= 4 is 23.2 Å². The molecule has 1 aromatic heterocycles. The van der Waals surface area contributed by atoms with Crippen molar-refractivity contribution in [3.63, 3.8) is 0 Å². The van der Waals surface area contributed by atoms with Gasteiger partial charge in [0, 0.05) is 23.6 Å². The van der Waals surface area contributed by atoms with Crippen molar-refractivity contribution in [3.8, 4) is 17.0 Å². The third kappa shape index (κ3) is 5.46. The minimum absolute atomic E-state index is 0.0201. The van der Waals surface area contributed by atoms with Gasteiger partial charge in [-0.1, -0.05) is 24.6 Å². The number of nitrogens with zero attached hydrogens (tertiary/aromatic N) is 1. The maximum atomic E-state index is 12.5. The molecular weight excluding hydrogens is 412 g/mol. The number of rotatable bonds is 8. The number of para-hydroxylation sites is 1. The topological polar surface area (TPSA) is 79.0 Å². The van der Waals surface area contributed by atoms with Crippen LogP contribution in [0, 0.1) is 0 Å². The van der Waals surface area contributed by atoms with Gasteiger partial charge in [-0.3, -0.25) is 4.79 Å². The van der Waals surface area contributed by atoms with Crippen molar-refractivity contribution in [1.29, 1.82) is 0 Å². The predicted molar refractivity (Wildman–Crippen MR) is 123 cm³/mol. The van der Waals surface area contributed by atoms with E-state index in [1.165, 1.54) is 0 Å². The third-order valence-electron chi connectivity index (χ3n) is 5.55. The third-order valence-corrected chi connectivity index (χ3v) is 5.84. The molecule has 1 amide bonds. The first kappa shape index (κ1) is 21.4. The molecule has 1 fully saturated rings. The van der Waals surface area contributed by atoms with E-state index in [4.69, 9.17) is 16.3 Å². The van der Waals surface area contributed by atoms with Crippen LogP contribution in [0.4, 0.5) is 5.69 Å². The van der Waals surface area contributed by atoms with E-state index in [1.54, 1.807) is 12.5 Å². The number of amides is 1. The van der Waals surface area contributed by atoms with Gasteiger partial charge < -0.3 is 20.4 Å². The summed E-state index contributed by atoms with van der Waals surface area (Å²) < 4.78 is 6.07. The molecule has 1 atom stereocenters. The van der Waals surface area contributed by atoms with Gasteiger partial charge in [0.05, 0.1) is 30.9 Å². The highest BCUT2D eigenvalue weighted by Gasteiger charge is 2.20. The lowest BCUT2D eigenvalue weighted by molar-refractivity contribution is -0.118. The Hall–Kier alpha value is -2.83. The van der Waals surface area contributed by atoms with Gasteiger partial charge in [-0.25, -0.2) is 4.98 Å². The van der Waals surface area contributed by atoms with Crippen molar-refractivity contribution in [2.45, 2.75) is 37.6 Å². The number of anilines is 1. The minimum Gasteiger partial charge on any atom is -0.493 e. The lowest BCUT2D eigenvalue weighted by atomic mass is 10.0. The second-order valence-electron chi connectivity index (χ2n) is 7.67. The van der Waals surface area contributed by atoms with E-state index in [-0.39, 0.29) is 11.9 Å². The molecule has 6 nitrogen and oxygen atoms in total. The van der Waals surface area contributed by atoms with Gasteiger partial charge in [-0.05, 0) is 54.8 Å². The zero-order valence-electron chi connectivity index (χ0n) is 17.4. The molecule has 7 heteroatoms. The number of piperidine rings is 1. The van der Waals surface area contributed by atoms with Gasteiger partial charge in [0.2, 0.25) is 5.91 Å². The fraction of sp³-hybridized carbons (Fsp3) is 0.333. The molecule has 0 spiro atoms. The second kappa shape index (κ2) is 10.5. The highest BCUT2D eigenvalue weighted by Crippen LogP contribution is 2.28. The summed E-state index contributed by atoms with van der Waals surface area (Å²) in [5, 5.41) is 6.29. The summed E-state index contributed by atoms with van der Waals surface area (Å²) in [7, 11) is 0. The SMILES string of the molecule is O=C(Nc1ccc(CCOc2ccccc2-c2cnc[nH]2)c(CCl)c1)C1CCCCN1. The van der Waals surface area contributed by atoms with E-state index < -0.39 is 0 Å². The average Bonchev–Trinajstić information content (AvgIpc) is 3.35. The molecule has 0 radical (unpaired) electrons. The van der Waals surface area contributed by atoms with Crippen molar-refractivity contribution in [2.75, 3.05) is 18.5 Å². The molecule has 2 aromatic carbocycles. The number of aromatic amines is 1. The van der Waals surface area contributed by atoms with Crippen LogP contribution in [-0.2, 0) is 17.1 Å². The van der Waals surface area contributed by atoms with Crippen molar-refractivity contribution in [1.82, 2.24) is 15.3 Å². The molecule has 0 bridgehead atoms. The first-order valence-electron chi connectivity index (χ1n) is 10.7. The van der Waals surface area contributed by atoms with E-state index in [0.717, 1.165) is 66.0 Å². The van der Waals surface area contributed by atoms with E-state index in [0.29, 0.717) is 12.5 Å². The lowest BCUT2D eigenvalue weighted by Gasteiger charge is -2.22. The Balaban J connectivity index is 1.38. The van der Waals surface area contributed by atoms with Gasteiger partial charge in [0.25, 0.3) is 0 Å². The summed E-state index contributed by atoms with van der Waals surface area (Å²) in [5.74, 6) is 1.21. The monoisotopic (exact) mass is 438 g/mol. The molecule has 162 valence electrons. The number of alkyl halides is 1. The van der Waals surface area contributed by atoms with Crippen LogP contribution in [0.2, 0.25) is 0 Å². The molecule has 2 heterocycles. The number of nitrogens with one attached hydrogen (secondary N) is 3. The summed E-state index contributed by atoms with van der Waals surface area (Å²) in [5.41, 5.74) is 4.79. The van der Waals surface area contributed by atoms with Crippen molar-refractivity contribution in [2.24, 2.45) is 0 Å². The van der Waals surface area contributed by atoms with E-state index in [9.17, 15) is 4.79 Å². The highest BCUT2D eigenvalue weighted by molar-refractivity contribution is 6.17. The fourth-order valence-corrected chi connectivity index (χ4v) is 4.11. The second-order valence-corrected chi connectivity index (χ2v) is 7.94. The number of imidazole rings is 1. The fourth-order valence-electron chi connectivity index (χ4n) is 3.87. The molecular formula is C24H27ClN4O2. The predicted octanol–water partition coefficient (Wildman–Crippen LogP) is 4.52. The maximum absolute atomic E-state index is 12.5. The molecule has 3 N–H and O–H groups in total. The summed E-state index contributed by atoms with van der Waals surface area (Å²) in [6, 6.07) is 13.7. The van der Waals surface area contributed by atoms with Gasteiger partial charge in [0.15, 0.2) is 0 Å². The van der Waals surface area contributed by atoms with E-state index in [1.807, 2.05) is 42.5 Å². The van der Waals surface area contributed by atoms with Gasteiger partial charge >= 0.3 is 0 Å². The Kier molecular flexibility index (Phi) is 7.22. The van der Waals surface area contributed by atoms with Gasteiger partial charge in [0.1, 0.15) is 5.75 Å².